The fourth-order valence-corrected chi connectivity index (χ4v) is 3.09. The Morgan fingerprint density at radius 1 is 1.24 bits per heavy atom. The summed E-state index contributed by atoms with van der Waals surface area (Å²) in [6.45, 7) is 6.18. The highest BCUT2D eigenvalue weighted by Gasteiger charge is 2.14. The number of amides is 2. The van der Waals surface area contributed by atoms with E-state index in [4.69, 9.17) is 10.00 Å². The first-order valence-corrected chi connectivity index (χ1v) is 9.46. The van der Waals surface area contributed by atoms with Crippen molar-refractivity contribution in [2.45, 2.75) is 46.6 Å². The molecule has 0 fully saturated rings. The Hall–Kier alpha value is -3.34. The van der Waals surface area contributed by atoms with E-state index in [1.807, 2.05) is 32.9 Å². The largest absolute Gasteiger partial charge is 0.495 e. The van der Waals surface area contributed by atoms with Crippen molar-refractivity contribution in [3.8, 4) is 11.8 Å². The molecule has 1 aromatic carbocycles. The normalized spacial score (nSPS) is 10.3. The van der Waals surface area contributed by atoms with Gasteiger partial charge >= 0.3 is 0 Å². The molecule has 0 aliphatic rings. The zero-order chi connectivity index (χ0) is 21.4. The van der Waals surface area contributed by atoms with Gasteiger partial charge in [-0.25, -0.2) is 0 Å². The second-order valence-corrected chi connectivity index (χ2v) is 6.81. The highest BCUT2D eigenvalue weighted by molar-refractivity contribution is 5.95. The summed E-state index contributed by atoms with van der Waals surface area (Å²) >= 11 is 0. The minimum Gasteiger partial charge on any atom is -0.495 e. The second-order valence-electron chi connectivity index (χ2n) is 6.81. The number of carbonyl (C=O) groups excluding carboxylic acids is 2. The van der Waals surface area contributed by atoms with E-state index in [1.165, 1.54) is 7.11 Å². The molecule has 2 aromatic rings. The number of methoxy groups -OCH3 is 1. The Bertz CT molecular complexity index is 927. The predicted octanol–water partition coefficient (Wildman–Crippen LogP) is 2.42. The number of hydrogen-bond donors (Lipinski definition) is 2. The number of hydrogen-bond acceptors (Lipinski definition) is 5. The van der Waals surface area contributed by atoms with Crippen molar-refractivity contribution in [3.05, 3.63) is 40.7 Å². The van der Waals surface area contributed by atoms with Gasteiger partial charge in [0.2, 0.25) is 11.8 Å². The molecule has 0 atom stereocenters. The van der Waals surface area contributed by atoms with Crippen LogP contribution in [0.25, 0.3) is 0 Å². The molecule has 154 valence electrons. The first kappa shape index (κ1) is 22.0. The molecule has 0 spiro atoms. The Balaban J connectivity index is 1.85. The van der Waals surface area contributed by atoms with Gasteiger partial charge in [-0.15, -0.1) is 0 Å². The van der Waals surface area contributed by atoms with Crippen LogP contribution in [0.5, 0.6) is 5.75 Å². The molecule has 0 radical (unpaired) electrons. The summed E-state index contributed by atoms with van der Waals surface area (Å²) in [6, 6.07) is 7.59. The molecule has 8 heteroatoms. The Morgan fingerprint density at radius 3 is 2.69 bits per heavy atom. The van der Waals surface area contributed by atoms with Crippen LogP contribution in [0.1, 0.15) is 35.4 Å². The lowest BCUT2D eigenvalue weighted by Gasteiger charge is -2.11. The molecule has 0 unspecified atom stereocenters. The fraction of sp³-hybridized carbons (Fsp3) is 0.429. The van der Waals surface area contributed by atoms with Gasteiger partial charge in [-0.1, -0.05) is 6.07 Å². The third kappa shape index (κ3) is 6.07. The molecule has 1 aromatic heterocycles. The van der Waals surface area contributed by atoms with Gasteiger partial charge in [-0.2, -0.15) is 10.4 Å². The molecule has 29 heavy (non-hydrogen) atoms. The van der Waals surface area contributed by atoms with Crippen LogP contribution in [-0.4, -0.2) is 35.2 Å². The van der Waals surface area contributed by atoms with Crippen LogP contribution in [0.4, 0.5) is 5.69 Å². The minimum atomic E-state index is -0.320. The van der Waals surface area contributed by atoms with Gasteiger partial charge in [0.05, 0.1) is 44.1 Å². The van der Waals surface area contributed by atoms with E-state index < -0.39 is 0 Å². The van der Waals surface area contributed by atoms with Crippen LogP contribution < -0.4 is 15.4 Å². The third-order valence-electron chi connectivity index (χ3n) is 4.64. The van der Waals surface area contributed by atoms with E-state index >= 15 is 0 Å². The maximum Gasteiger partial charge on any atom is 0.243 e. The molecule has 0 saturated carbocycles. The highest BCUT2D eigenvalue weighted by Crippen LogP contribution is 2.24. The summed E-state index contributed by atoms with van der Waals surface area (Å²) in [7, 11) is 1.54. The molecular formula is C21H27N5O3. The smallest absolute Gasteiger partial charge is 0.243 e. The van der Waals surface area contributed by atoms with Crippen molar-refractivity contribution in [1.82, 2.24) is 15.1 Å². The van der Waals surface area contributed by atoms with Crippen molar-refractivity contribution < 1.29 is 14.3 Å². The van der Waals surface area contributed by atoms with Crippen molar-refractivity contribution in [2.24, 2.45) is 0 Å². The number of benzene rings is 1. The number of nitrogens with zero attached hydrogens (tertiary/aromatic N) is 3. The first-order valence-electron chi connectivity index (χ1n) is 9.46. The predicted molar refractivity (Wildman–Crippen MR) is 110 cm³/mol. The molecule has 2 rings (SSSR count). The summed E-state index contributed by atoms with van der Waals surface area (Å²) in [4.78, 5) is 24.3. The Kier molecular flexibility index (Phi) is 7.78. The number of anilines is 1. The van der Waals surface area contributed by atoms with Gasteiger partial charge in [0, 0.05) is 12.1 Å². The molecule has 0 saturated heterocycles. The average Bonchev–Trinajstić information content (AvgIpc) is 2.96. The lowest BCUT2D eigenvalue weighted by Crippen LogP contribution is -2.33. The number of nitrogens with one attached hydrogen (secondary N) is 2. The van der Waals surface area contributed by atoms with E-state index in [2.05, 4.69) is 21.8 Å². The monoisotopic (exact) mass is 397 g/mol. The molecule has 0 aliphatic heterocycles. The SMILES string of the molecule is COc1ccc(C)cc1NC(=O)CNC(=O)CCc1c(C)nn(CCC#N)c1C. The van der Waals surface area contributed by atoms with Crippen molar-refractivity contribution in [1.29, 1.82) is 5.26 Å². The fourth-order valence-electron chi connectivity index (χ4n) is 3.09. The Labute approximate surface area is 170 Å². The maximum atomic E-state index is 12.2. The standard InChI is InChI=1S/C21H27N5O3/c1-14-6-8-19(29-4)18(12-14)24-21(28)13-23-20(27)9-7-17-15(2)25-26(16(17)3)11-5-10-22/h6,8,12H,5,7,9,11,13H2,1-4H3,(H,23,27)(H,24,28). The molecule has 2 amide bonds. The van der Waals surface area contributed by atoms with Gasteiger partial charge in [0.15, 0.2) is 0 Å². The third-order valence-corrected chi connectivity index (χ3v) is 4.64. The zero-order valence-electron chi connectivity index (χ0n) is 17.3. The topological polar surface area (TPSA) is 109 Å². The summed E-state index contributed by atoms with van der Waals surface area (Å²) < 4.78 is 7.04. The number of aryl methyl sites for hydroxylation is 3. The van der Waals surface area contributed by atoms with Crippen molar-refractivity contribution in [3.63, 3.8) is 0 Å². The van der Waals surface area contributed by atoms with E-state index in [-0.39, 0.29) is 24.8 Å². The second kappa shape index (κ2) is 10.3. The quantitative estimate of drug-likeness (QED) is 0.675. The van der Waals surface area contributed by atoms with Crippen LogP contribution in [0.2, 0.25) is 0 Å². The van der Waals surface area contributed by atoms with Crippen LogP contribution in [0.15, 0.2) is 18.2 Å². The van der Waals surface area contributed by atoms with Gasteiger partial charge < -0.3 is 15.4 Å². The number of carbonyl (C=O) groups is 2. The highest BCUT2D eigenvalue weighted by atomic mass is 16.5. The minimum absolute atomic E-state index is 0.116. The molecular weight excluding hydrogens is 370 g/mol. The number of aromatic nitrogens is 2. The summed E-state index contributed by atoms with van der Waals surface area (Å²) in [5, 5.41) is 18.6. The van der Waals surface area contributed by atoms with Gasteiger partial charge in [-0.05, 0) is 50.5 Å². The number of rotatable bonds is 9. The van der Waals surface area contributed by atoms with E-state index in [9.17, 15) is 9.59 Å². The molecule has 8 nitrogen and oxygen atoms in total. The van der Waals surface area contributed by atoms with E-state index in [1.54, 1.807) is 10.7 Å². The van der Waals surface area contributed by atoms with Crippen LogP contribution in [0.3, 0.4) is 0 Å². The lowest BCUT2D eigenvalue weighted by molar-refractivity contribution is -0.124. The van der Waals surface area contributed by atoms with Crippen LogP contribution >= 0.6 is 0 Å². The van der Waals surface area contributed by atoms with Crippen molar-refractivity contribution >= 4 is 17.5 Å². The summed E-state index contributed by atoms with van der Waals surface area (Å²) in [5.41, 5.74) is 4.40. The van der Waals surface area contributed by atoms with Crippen molar-refractivity contribution in [2.75, 3.05) is 19.0 Å². The zero-order valence-corrected chi connectivity index (χ0v) is 17.3. The molecule has 0 bridgehead atoms. The number of nitriles is 1. The maximum absolute atomic E-state index is 12.2. The van der Waals surface area contributed by atoms with Gasteiger partial charge in [-0.3, -0.25) is 14.3 Å². The molecule has 0 aliphatic carbocycles. The van der Waals surface area contributed by atoms with Crippen LogP contribution in [0, 0.1) is 32.1 Å². The van der Waals surface area contributed by atoms with Gasteiger partial charge in [0.1, 0.15) is 5.75 Å². The van der Waals surface area contributed by atoms with E-state index in [0.29, 0.717) is 30.8 Å². The summed E-state index contributed by atoms with van der Waals surface area (Å²) in [5.74, 6) is 0.0357. The first-order chi connectivity index (χ1) is 13.8. The molecule has 2 N–H and O–H groups in total. The Morgan fingerprint density at radius 2 is 2.00 bits per heavy atom. The van der Waals surface area contributed by atoms with Gasteiger partial charge in [0.25, 0.3) is 0 Å². The average molecular weight is 397 g/mol. The van der Waals surface area contributed by atoms with Crippen LogP contribution in [-0.2, 0) is 22.6 Å². The molecule has 1 heterocycles. The summed E-state index contributed by atoms with van der Waals surface area (Å²) in [6.07, 6.45) is 1.18. The number of ether oxygens (including phenoxy) is 1. The van der Waals surface area contributed by atoms with E-state index in [0.717, 1.165) is 22.5 Å². The lowest BCUT2D eigenvalue weighted by atomic mass is 10.1.